The van der Waals surface area contributed by atoms with Crippen LogP contribution < -0.4 is 0 Å². The molecule has 0 aliphatic carbocycles. The average Bonchev–Trinajstić information content (AvgIpc) is 1.87. The SMILES string of the molecule is c1ccc(-c2ccc3oc4c(-c5ccc6c(c5)c5cc(-c7cc(-c8ccccc8)cc8c7oc7ccc(-c9ccccc9)cc78)ccc5n6-c5ccc(-c6c7ccccc7c(-c7ccccc7)c7ccccc67)cc5)cc(-c5ccccc5)cc4c3c2)cc1. The Hall–Kier alpha value is -11.8. The first-order chi connectivity index (χ1) is 44.1. The third kappa shape index (κ3) is 8.35. The molecule has 3 heterocycles. The predicted molar refractivity (Wildman–Crippen MR) is 374 cm³/mol. The Morgan fingerprint density at radius 3 is 0.888 bits per heavy atom. The molecule has 18 rings (SSSR count). The number of fused-ring (bicyclic) bond motifs is 11. The lowest BCUT2D eigenvalue weighted by Crippen LogP contribution is -1.95. The van der Waals surface area contributed by atoms with Gasteiger partial charge in [-0.2, -0.15) is 0 Å². The number of furan rings is 2. The van der Waals surface area contributed by atoms with Gasteiger partial charge in [0.2, 0.25) is 0 Å². The summed E-state index contributed by atoms with van der Waals surface area (Å²) >= 11 is 0. The molecule has 414 valence electrons. The third-order valence-electron chi connectivity index (χ3n) is 18.4. The second-order valence-corrected chi connectivity index (χ2v) is 23.4. The predicted octanol–water partition coefficient (Wildman–Crippen LogP) is 24.2. The van der Waals surface area contributed by atoms with Crippen LogP contribution in [0.2, 0.25) is 0 Å². The molecule has 0 N–H and O–H groups in total. The monoisotopic (exact) mass is 1130 g/mol. The summed E-state index contributed by atoms with van der Waals surface area (Å²) in [7, 11) is 0. The van der Waals surface area contributed by atoms with Crippen LogP contribution in [0.4, 0.5) is 0 Å². The lowest BCUT2D eigenvalue weighted by Gasteiger charge is -2.18. The molecule has 18 aromatic rings. The lowest BCUT2D eigenvalue weighted by molar-refractivity contribution is 0.669. The van der Waals surface area contributed by atoms with Crippen LogP contribution in [0.3, 0.4) is 0 Å². The first-order valence-electron chi connectivity index (χ1n) is 30.5. The second-order valence-electron chi connectivity index (χ2n) is 23.4. The number of aromatic nitrogens is 1. The highest BCUT2D eigenvalue weighted by Crippen LogP contribution is 2.48. The molecule has 0 atom stereocenters. The Labute approximate surface area is 513 Å². The molecule has 0 amide bonds. The van der Waals surface area contributed by atoms with Gasteiger partial charge in [-0.1, -0.05) is 237 Å². The van der Waals surface area contributed by atoms with Crippen LogP contribution in [-0.2, 0) is 0 Å². The number of hydrogen-bond donors (Lipinski definition) is 0. The van der Waals surface area contributed by atoms with Crippen molar-refractivity contribution in [1.29, 1.82) is 0 Å². The number of rotatable bonds is 9. The summed E-state index contributed by atoms with van der Waals surface area (Å²) < 4.78 is 16.5. The van der Waals surface area contributed by atoms with Gasteiger partial charge in [0.25, 0.3) is 0 Å². The maximum Gasteiger partial charge on any atom is 0.143 e. The second kappa shape index (κ2) is 20.4. The summed E-state index contributed by atoms with van der Waals surface area (Å²) in [5.74, 6) is 0. The van der Waals surface area contributed by atoms with Gasteiger partial charge < -0.3 is 13.4 Å². The van der Waals surface area contributed by atoms with E-state index in [1.54, 1.807) is 0 Å². The van der Waals surface area contributed by atoms with Crippen molar-refractivity contribution in [2.24, 2.45) is 0 Å². The Kier molecular flexibility index (Phi) is 11.6. The third-order valence-corrected chi connectivity index (χ3v) is 18.4. The minimum Gasteiger partial charge on any atom is -0.455 e. The highest BCUT2D eigenvalue weighted by Gasteiger charge is 2.23. The maximum atomic E-state index is 7.03. The largest absolute Gasteiger partial charge is 0.455 e. The molecule has 0 aliphatic heterocycles. The van der Waals surface area contributed by atoms with Gasteiger partial charge in [0.1, 0.15) is 22.3 Å². The summed E-state index contributed by atoms with van der Waals surface area (Å²) in [6, 6.07) is 117. The van der Waals surface area contributed by atoms with E-state index in [1.807, 2.05) is 0 Å². The molecule has 0 aliphatic rings. The number of hydrogen-bond acceptors (Lipinski definition) is 2. The van der Waals surface area contributed by atoms with Crippen molar-refractivity contribution in [3.8, 4) is 94.7 Å². The Morgan fingerprint density at radius 1 is 0.191 bits per heavy atom. The summed E-state index contributed by atoms with van der Waals surface area (Å²) in [6.07, 6.45) is 0. The lowest BCUT2D eigenvalue weighted by atomic mass is 9.86. The smallest absolute Gasteiger partial charge is 0.143 e. The van der Waals surface area contributed by atoms with Crippen LogP contribution in [0.25, 0.3) is 182 Å². The summed E-state index contributed by atoms with van der Waals surface area (Å²) in [4.78, 5) is 0. The zero-order valence-electron chi connectivity index (χ0n) is 48.4. The van der Waals surface area contributed by atoms with Gasteiger partial charge in [0.15, 0.2) is 0 Å². The standard InChI is InChI=1S/C86H53NO2/c1-6-20-54(21-7-1)60-38-44-81-75(46-60)77-52-64(56-24-10-3-11-25-56)50-71(85(77)88-81)62-36-42-79-73(48-62)74-49-63(72-51-65(57-26-12-4-13-27-57)53-78-76-47-61(55-22-8-2-9-23-55)39-45-82(76)89-86(72)78)37-43-80(74)87(79)66-40-34-59(35-41-66)84-69-32-18-16-30-67(69)83(58-28-14-5-15-29-58)68-31-17-19-33-70(68)84/h1-53H. The molecule has 0 saturated carbocycles. The molecule has 0 fully saturated rings. The van der Waals surface area contributed by atoms with Crippen molar-refractivity contribution < 1.29 is 8.83 Å². The molecular weight excluding hydrogens is 1080 g/mol. The zero-order chi connectivity index (χ0) is 58.5. The van der Waals surface area contributed by atoms with Crippen molar-refractivity contribution in [2.75, 3.05) is 0 Å². The molecular formula is C86H53NO2. The van der Waals surface area contributed by atoms with E-state index >= 15 is 0 Å². The van der Waals surface area contributed by atoms with Crippen molar-refractivity contribution in [1.82, 2.24) is 4.57 Å². The van der Waals surface area contributed by atoms with Gasteiger partial charge in [-0.15, -0.1) is 0 Å². The topological polar surface area (TPSA) is 31.2 Å². The van der Waals surface area contributed by atoms with Crippen LogP contribution in [-0.4, -0.2) is 4.57 Å². The number of nitrogens with zero attached hydrogens (tertiary/aromatic N) is 1. The molecule has 89 heavy (non-hydrogen) atoms. The fourth-order valence-corrected chi connectivity index (χ4v) is 14.2. The van der Waals surface area contributed by atoms with E-state index < -0.39 is 0 Å². The Morgan fingerprint density at radius 2 is 0.494 bits per heavy atom. The van der Waals surface area contributed by atoms with E-state index in [9.17, 15) is 0 Å². The van der Waals surface area contributed by atoms with Crippen molar-refractivity contribution in [3.05, 3.63) is 322 Å². The van der Waals surface area contributed by atoms with Gasteiger partial charge >= 0.3 is 0 Å². The summed E-state index contributed by atoms with van der Waals surface area (Å²) in [5.41, 5.74) is 25.0. The van der Waals surface area contributed by atoms with Crippen LogP contribution in [0.15, 0.2) is 330 Å². The zero-order valence-corrected chi connectivity index (χ0v) is 48.4. The molecule has 0 saturated heterocycles. The minimum absolute atomic E-state index is 0.857. The summed E-state index contributed by atoms with van der Waals surface area (Å²) in [6.45, 7) is 0. The van der Waals surface area contributed by atoms with Crippen LogP contribution in [0.1, 0.15) is 0 Å². The van der Waals surface area contributed by atoms with Crippen LogP contribution in [0, 0.1) is 0 Å². The first-order valence-corrected chi connectivity index (χ1v) is 30.5. The maximum absolute atomic E-state index is 7.03. The average molecular weight is 1130 g/mol. The van der Waals surface area contributed by atoms with E-state index in [-0.39, 0.29) is 0 Å². The van der Waals surface area contributed by atoms with E-state index in [4.69, 9.17) is 8.83 Å². The van der Waals surface area contributed by atoms with E-state index in [0.29, 0.717) is 0 Å². The van der Waals surface area contributed by atoms with Gasteiger partial charge in [-0.25, -0.2) is 0 Å². The van der Waals surface area contributed by atoms with Crippen LogP contribution >= 0.6 is 0 Å². The Balaban J connectivity index is 0.866. The van der Waals surface area contributed by atoms with Crippen molar-refractivity contribution in [2.45, 2.75) is 0 Å². The molecule has 3 aromatic heterocycles. The summed E-state index contributed by atoms with van der Waals surface area (Å²) in [5, 5.41) is 11.5. The van der Waals surface area contributed by atoms with E-state index in [0.717, 1.165) is 127 Å². The van der Waals surface area contributed by atoms with E-state index in [2.05, 4.69) is 326 Å². The van der Waals surface area contributed by atoms with Gasteiger partial charge in [0.05, 0.1) is 11.0 Å². The molecule has 3 nitrogen and oxygen atoms in total. The number of benzene rings is 15. The van der Waals surface area contributed by atoms with Gasteiger partial charge in [0, 0.05) is 49.1 Å². The fraction of sp³-hybridized carbons (Fsp3) is 0. The molecule has 0 unspecified atom stereocenters. The van der Waals surface area contributed by atoms with Crippen LogP contribution in [0.5, 0.6) is 0 Å². The van der Waals surface area contributed by atoms with Gasteiger partial charge in [-0.05, 0) is 184 Å². The first kappa shape index (κ1) is 50.5. The normalized spacial score (nSPS) is 11.8. The molecule has 0 spiro atoms. The quantitative estimate of drug-likeness (QED) is 0.135. The Bertz CT molecular complexity index is 5490. The van der Waals surface area contributed by atoms with Gasteiger partial charge in [-0.3, -0.25) is 0 Å². The molecule has 0 bridgehead atoms. The van der Waals surface area contributed by atoms with E-state index in [1.165, 1.54) is 54.9 Å². The minimum atomic E-state index is 0.857. The highest BCUT2D eigenvalue weighted by molar-refractivity contribution is 6.22. The van der Waals surface area contributed by atoms with Crippen molar-refractivity contribution >= 4 is 87.2 Å². The molecule has 0 radical (unpaired) electrons. The molecule has 3 heteroatoms. The fourth-order valence-electron chi connectivity index (χ4n) is 14.2. The molecule has 15 aromatic carbocycles. The van der Waals surface area contributed by atoms with Crippen molar-refractivity contribution in [3.63, 3.8) is 0 Å². The highest BCUT2D eigenvalue weighted by atomic mass is 16.3.